The van der Waals surface area contributed by atoms with Crippen molar-refractivity contribution in [3.8, 4) is 0 Å². The van der Waals surface area contributed by atoms with Crippen molar-refractivity contribution in [1.29, 1.82) is 0 Å². The highest BCUT2D eigenvalue weighted by molar-refractivity contribution is 5.99. The normalized spacial score (nSPS) is 16.2. The lowest BCUT2D eigenvalue weighted by molar-refractivity contribution is 0.0936. The van der Waals surface area contributed by atoms with E-state index < -0.39 is 0 Å². The van der Waals surface area contributed by atoms with Gasteiger partial charge in [0.1, 0.15) is 0 Å². The van der Waals surface area contributed by atoms with Crippen molar-refractivity contribution in [3.63, 3.8) is 0 Å². The number of likely N-dealkylation sites (N-methyl/N-ethyl adjacent to an activating group) is 1. The molecule has 0 N–H and O–H groups in total. The summed E-state index contributed by atoms with van der Waals surface area (Å²) in [4.78, 5) is 14.7. The molecule has 0 unspecified atom stereocenters. The number of carbonyl (C=O) groups is 1. The van der Waals surface area contributed by atoms with E-state index in [1.807, 2.05) is 0 Å². The van der Waals surface area contributed by atoms with Crippen LogP contribution >= 0.6 is 0 Å². The second-order valence-electron chi connectivity index (χ2n) is 5.98. The standard InChI is InChI=1S/C17H28N2O/c1-5-18(6-2)12-17(20)16-11-13(3)19(14(16)4)15-9-7-8-10-15/h11,15H,5-10,12H2,1-4H3. The fourth-order valence-electron chi connectivity index (χ4n) is 3.52. The summed E-state index contributed by atoms with van der Waals surface area (Å²) in [6.45, 7) is 10.9. The van der Waals surface area contributed by atoms with E-state index in [4.69, 9.17) is 0 Å². The van der Waals surface area contributed by atoms with Crippen molar-refractivity contribution in [2.24, 2.45) is 0 Å². The fraction of sp³-hybridized carbons (Fsp3) is 0.706. The van der Waals surface area contributed by atoms with Gasteiger partial charge in [0.2, 0.25) is 0 Å². The van der Waals surface area contributed by atoms with Crippen LogP contribution in [-0.4, -0.2) is 34.9 Å². The molecule has 1 aliphatic rings. The molecule has 1 aliphatic carbocycles. The van der Waals surface area contributed by atoms with Crippen molar-refractivity contribution < 1.29 is 4.79 Å². The first-order valence-electron chi connectivity index (χ1n) is 8.02. The minimum atomic E-state index is 0.269. The highest BCUT2D eigenvalue weighted by atomic mass is 16.1. The van der Waals surface area contributed by atoms with Crippen LogP contribution in [0.2, 0.25) is 0 Å². The first-order valence-corrected chi connectivity index (χ1v) is 8.02. The molecule has 2 rings (SSSR count). The molecule has 112 valence electrons. The summed E-state index contributed by atoms with van der Waals surface area (Å²) in [6, 6.07) is 2.71. The van der Waals surface area contributed by atoms with Crippen LogP contribution in [0.3, 0.4) is 0 Å². The predicted molar refractivity (Wildman–Crippen MR) is 83.5 cm³/mol. The molecule has 0 radical (unpaired) electrons. The SMILES string of the molecule is CCN(CC)CC(=O)c1cc(C)n(C2CCCC2)c1C. The van der Waals surface area contributed by atoms with Crippen LogP contribution in [-0.2, 0) is 0 Å². The Morgan fingerprint density at radius 2 is 1.85 bits per heavy atom. The van der Waals surface area contributed by atoms with Crippen molar-refractivity contribution >= 4 is 5.78 Å². The Kier molecular flexibility index (Phi) is 5.03. The largest absolute Gasteiger partial charge is 0.345 e. The first kappa shape index (κ1) is 15.3. The van der Waals surface area contributed by atoms with Gasteiger partial charge in [0, 0.05) is 23.0 Å². The van der Waals surface area contributed by atoms with Gasteiger partial charge in [-0.15, -0.1) is 0 Å². The number of rotatable bonds is 6. The summed E-state index contributed by atoms with van der Waals surface area (Å²) in [5.74, 6) is 0.269. The minimum absolute atomic E-state index is 0.269. The molecule has 1 heterocycles. The first-order chi connectivity index (χ1) is 9.58. The Labute approximate surface area is 123 Å². The van der Waals surface area contributed by atoms with Gasteiger partial charge in [-0.2, -0.15) is 0 Å². The minimum Gasteiger partial charge on any atom is -0.345 e. The summed E-state index contributed by atoms with van der Waals surface area (Å²) >= 11 is 0. The van der Waals surface area contributed by atoms with Crippen molar-refractivity contribution in [2.75, 3.05) is 19.6 Å². The Bertz CT molecular complexity index is 466. The third kappa shape index (κ3) is 2.98. The molecule has 0 saturated heterocycles. The second kappa shape index (κ2) is 6.57. The molecular weight excluding hydrogens is 248 g/mol. The van der Waals surface area contributed by atoms with Gasteiger partial charge in [-0.3, -0.25) is 9.69 Å². The van der Waals surface area contributed by atoms with Crippen molar-refractivity contribution in [1.82, 2.24) is 9.47 Å². The maximum Gasteiger partial charge on any atom is 0.178 e. The predicted octanol–water partition coefficient (Wildman–Crippen LogP) is 3.74. The number of hydrogen-bond acceptors (Lipinski definition) is 2. The third-order valence-corrected chi connectivity index (χ3v) is 4.74. The number of aromatic nitrogens is 1. The number of Topliss-reactive ketones (excluding diaryl/α,β-unsaturated/α-hetero) is 1. The molecule has 1 aromatic rings. The highest BCUT2D eigenvalue weighted by Crippen LogP contribution is 2.33. The molecule has 0 aromatic carbocycles. The Balaban J connectivity index is 2.20. The van der Waals surface area contributed by atoms with Gasteiger partial charge >= 0.3 is 0 Å². The van der Waals surface area contributed by atoms with Crippen molar-refractivity contribution in [2.45, 2.75) is 59.4 Å². The molecule has 3 nitrogen and oxygen atoms in total. The summed E-state index contributed by atoms with van der Waals surface area (Å²) in [5.41, 5.74) is 3.35. The highest BCUT2D eigenvalue weighted by Gasteiger charge is 2.23. The molecule has 1 aromatic heterocycles. The lowest BCUT2D eigenvalue weighted by atomic mass is 10.1. The summed E-state index contributed by atoms with van der Waals surface area (Å²) in [7, 11) is 0. The summed E-state index contributed by atoms with van der Waals surface area (Å²) < 4.78 is 2.41. The van der Waals surface area contributed by atoms with E-state index >= 15 is 0 Å². The lowest BCUT2D eigenvalue weighted by Crippen LogP contribution is -2.29. The Morgan fingerprint density at radius 3 is 2.40 bits per heavy atom. The van der Waals surface area contributed by atoms with Crippen molar-refractivity contribution in [3.05, 3.63) is 23.0 Å². The molecule has 0 atom stereocenters. The molecule has 0 aliphatic heterocycles. The van der Waals surface area contributed by atoms with E-state index in [9.17, 15) is 4.79 Å². The number of aryl methyl sites for hydroxylation is 1. The molecule has 0 amide bonds. The molecule has 20 heavy (non-hydrogen) atoms. The summed E-state index contributed by atoms with van der Waals surface area (Å²) in [6.07, 6.45) is 5.18. The summed E-state index contributed by atoms with van der Waals surface area (Å²) in [5, 5.41) is 0. The maximum absolute atomic E-state index is 12.5. The van der Waals surface area contributed by atoms with Crippen LogP contribution in [0.25, 0.3) is 0 Å². The van der Waals surface area contributed by atoms with E-state index in [1.165, 1.54) is 37.1 Å². The van der Waals surface area contributed by atoms with Gasteiger partial charge < -0.3 is 4.57 Å². The number of carbonyl (C=O) groups excluding carboxylic acids is 1. The van der Waals surface area contributed by atoms with Crippen LogP contribution in [0.1, 0.15) is 67.3 Å². The lowest BCUT2D eigenvalue weighted by Gasteiger charge is -2.18. The van der Waals surface area contributed by atoms with Gasteiger partial charge in [-0.25, -0.2) is 0 Å². The number of nitrogens with zero attached hydrogens (tertiary/aromatic N) is 2. The number of ketones is 1. The van der Waals surface area contributed by atoms with E-state index in [1.54, 1.807) is 0 Å². The quantitative estimate of drug-likeness (QED) is 0.739. The Morgan fingerprint density at radius 1 is 1.25 bits per heavy atom. The monoisotopic (exact) mass is 276 g/mol. The van der Waals surface area contributed by atoms with E-state index in [0.717, 1.165) is 18.7 Å². The number of hydrogen-bond donors (Lipinski definition) is 0. The van der Waals surface area contributed by atoms with Gasteiger partial charge in [0.15, 0.2) is 5.78 Å². The fourth-order valence-corrected chi connectivity index (χ4v) is 3.52. The zero-order chi connectivity index (χ0) is 14.7. The van der Waals surface area contributed by atoms with Gasteiger partial charge in [-0.05, 0) is 45.8 Å². The van der Waals surface area contributed by atoms with Crippen LogP contribution in [0.4, 0.5) is 0 Å². The Hall–Kier alpha value is -1.09. The van der Waals surface area contributed by atoms with E-state index in [0.29, 0.717) is 12.6 Å². The van der Waals surface area contributed by atoms with Gasteiger partial charge in [0.05, 0.1) is 6.54 Å². The van der Waals surface area contributed by atoms with Crippen LogP contribution in [0, 0.1) is 13.8 Å². The third-order valence-electron chi connectivity index (χ3n) is 4.74. The molecule has 3 heteroatoms. The average molecular weight is 276 g/mol. The van der Waals surface area contributed by atoms with Crippen LogP contribution in [0.5, 0.6) is 0 Å². The molecular formula is C17H28N2O. The average Bonchev–Trinajstić information content (AvgIpc) is 3.04. The molecule has 1 fully saturated rings. The van der Waals surface area contributed by atoms with Crippen LogP contribution in [0.15, 0.2) is 6.07 Å². The van der Waals surface area contributed by atoms with E-state index in [-0.39, 0.29) is 5.78 Å². The molecule has 0 bridgehead atoms. The molecule has 0 spiro atoms. The topological polar surface area (TPSA) is 25.2 Å². The van der Waals surface area contributed by atoms with Crippen LogP contribution < -0.4 is 0 Å². The van der Waals surface area contributed by atoms with Gasteiger partial charge in [0.25, 0.3) is 0 Å². The second-order valence-corrected chi connectivity index (χ2v) is 5.98. The molecule has 1 saturated carbocycles. The smallest absolute Gasteiger partial charge is 0.178 e. The maximum atomic E-state index is 12.5. The zero-order valence-electron chi connectivity index (χ0n) is 13.4. The zero-order valence-corrected chi connectivity index (χ0v) is 13.4. The van der Waals surface area contributed by atoms with Gasteiger partial charge in [-0.1, -0.05) is 26.7 Å². The van der Waals surface area contributed by atoms with E-state index in [2.05, 4.69) is 43.2 Å².